The van der Waals surface area contributed by atoms with Gasteiger partial charge in [0.05, 0.1) is 5.60 Å². The van der Waals surface area contributed by atoms with Gasteiger partial charge in [0.2, 0.25) is 6.79 Å². The molecule has 5 nitrogen and oxygen atoms in total. The lowest BCUT2D eigenvalue weighted by atomic mass is 10.0. The third kappa shape index (κ3) is 2.62. The van der Waals surface area contributed by atoms with E-state index in [1.807, 2.05) is 0 Å². The first kappa shape index (κ1) is 12.6. The second kappa shape index (κ2) is 4.90. The van der Waals surface area contributed by atoms with Crippen molar-refractivity contribution in [2.75, 3.05) is 13.3 Å². The van der Waals surface area contributed by atoms with E-state index in [0.29, 0.717) is 24.6 Å². The number of rotatable bonds is 4. The number of hydrogen-bond donors (Lipinski definition) is 3. The van der Waals surface area contributed by atoms with Crippen LogP contribution >= 0.6 is 0 Å². The fraction of sp³-hybridized carbons (Fsp3) is 0.571. The minimum Gasteiger partial charge on any atom is -0.507 e. The van der Waals surface area contributed by atoms with Crippen LogP contribution in [-0.2, 0) is 6.54 Å². The molecule has 1 aliphatic heterocycles. The van der Waals surface area contributed by atoms with Crippen molar-refractivity contribution in [2.45, 2.75) is 37.8 Å². The Bertz CT molecular complexity index is 469. The lowest BCUT2D eigenvalue weighted by Gasteiger charge is -2.22. The predicted molar refractivity (Wildman–Crippen MR) is 69.4 cm³/mol. The normalized spacial score (nSPS) is 19.8. The van der Waals surface area contributed by atoms with Crippen LogP contribution in [0.2, 0.25) is 0 Å². The van der Waals surface area contributed by atoms with E-state index in [-0.39, 0.29) is 12.5 Å². The van der Waals surface area contributed by atoms with Gasteiger partial charge in [0, 0.05) is 24.7 Å². The lowest BCUT2D eigenvalue weighted by Crippen LogP contribution is -2.37. The van der Waals surface area contributed by atoms with Crippen LogP contribution in [0.4, 0.5) is 0 Å². The van der Waals surface area contributed by atoms with Gasteiger partial charge in [-0.3, -0.25) is 0 Å². The van der Waals surface area contributed by atoms with Crippen LogP contribution in [0.25, 0.3) is 0 Å². The van der Waals surface area contributed by atoms with E-state index in [2.05, 4.69) is 5.32 Å². The van der Waals surface area contributed by atoms with E-state index in [9.17, 15) is 10.2 Å². The summed E-state index contributed by atoms with van der Waals surface area (Å²) in [5, 5.41) is 23.3. The molecule has 1 aromatic carbocycles. The number of aliphatic hydroxyl groups is 1. The third-order valence-electron chi connectivity index (χ3n) is 3.88. The van der Waals surface area contributed by atoms with Crippen LogP contribution in [-0.4, -0.2) is 29.2 Å². The Morgan fingerprint density at radius 2 is 1.84 bits per heavy atom. The van der Waals surface area contributed by atoms with Crippen molar-refractivity contribution >= 4 is 0 Å². The zero-order valence-corrected chi connectivity index (χ0v) is 10.8. The molecule has 0 saturated heterocycles. The van der Waals surface area contributed by atoms with Crippen molar-refractivity contribution in [2.24, 2.45) is 0 Å². The van der Waals surface area contributed by atoms with Gasteiger partial charge >= 0.3 is 0 Å². The van der Waals surface area contributed by atoms with Gasteiger partial charge in [0.25, 0.3) is 0 Å². The Labute approximate surface area is 112 Å². The van der Waals surface area contributed by atoms with Crippen LogP contribution in [0.5, 0.6) is 17.2 Å². The molecule has 0 aromatic heterocycles. The quantitative estimate of drug-likeness (QED) is 0.770. The minimum absolute atomic E-state index is 0.190. The van der Waals surface area contributed by atoms with Gasteiger partial charge in [-0.15, -0.1) is 0 Å². The Morgan fingerprint density at radius 1 is 1.16 bits per heavy atom. The summed E-state index contributed by atoms with van der Waals surface area (Å²) in [7, 11) is 0. The van der Waals surface area contributed by atoms with Crippen molar-refractivity contribution in [3.8, 4) is 17.2 Å². The number of nitrogens with one attached hydrogen (secondary N) is 1. The van der Waals surface area contributed by atoms with E-state index < -0.39 is 5.60 Å². The first-order valence-corrected chi connectivity index (χ1v) is 6.71. The van der Waals surface area contributed by atoms with Gasteiger partial charge in [0.1, 0.15) is 5.75 Å². The number of phenols is 1. The monoisotopic (exact) mass is 265 g/mol. The number of benzene rings is 1. The molecule has 2 aliphatic rings. The molecule has 0 atom stereocenters. The fourth-order valence-electron chi connectivity index (χ4n) is 2.75. The summed E-state index contributed by atoms with van der Waals surface area (Å²) in [4.78, 5) is 0. The van der Waals surface area contributed by atoms with Crippen molar-refractivity contribution in [1.29, 1.82) is 0 Å². The molecular formula is C14H19NO4. The zero-order chi connectivity index (χ0) is 13.3. The van der Waals surface area contributed by atoms with E-state index in [1.54, 1.807) is 12.1 Å². The Morgan fingerprint density at radius 3 is 2.58 bits per heavy atom. The van der Waals surface area contributed by atoms with E-state index >= 15 is 0 Å². The van der Waals surface area contributed by atoms with Crippen molar-refractivity contribution < 1.29 is 19.7 Å². The number of aromatic hydroxyl groups is 1. The summed E-state index contributed by atoms with van der Waals surface area (Å²) in [6, 6.07) is 3.35. The van der Waals surface area contributed by atoms with Crippen LogP contribution in [0, 0.1) is 0 Å². The maximum atomic E-state index is 10.2. The van der Waals surface area contributed by atoms with Crippen LogP contribution in [0.1, 0.15) is 31.2 Å². The molecule has 1 aliphatic carbocycles. The van der Waals surface area contributed by atoms with Gasteiger partial charge in [-0.25, -0.2) is 0 Å². The molecule has 1 heterocycles. The second-order valence-electron chi connectivity index (χ2n) is 5.37. The van der Waals surface area contributed by atoms with E-state index in [0.717, 1.165) is 31.2 Å². The maximum Gasteiger partial charge on any atom is 0.231 e. The number of ether oxygens (including phenoxy) is 2. The fourth-order valence-corrected chi connectivity index (χ4v) is 2.75. The number of fused-ring (bicyclic) bond motifs is 1. The molecule has 0 amide bonds. The molecule has 3 rings (SSSR count). The third-order valence-corrected chi connectivity index (χ3v) is 3.88. The van der Waals surface area contributed by atoms with Crippen molar-refractivity contribution in [3.63, 3.8) is 0 Å². The summed E-state index contributed by atoms with van der Waals surface area (Å²) in [6.07, 6.45) is 3.89. The number of phenolic OH excluding ortho intramolecular Hbond substituents is 1. The molecule has 104 valence electrons. The second-order valence-corrected chi connectivity index (χ2v) is 5.37. The van der Waals surface area contributed by atoms with Crippen molar-refractivity contribution in [1.82, 2.24) is 5.32 Å². The SMILES string of the molecule is Oc1cc2c(cc1CNCC1(O)CCCC1)OCO2. The smallest absolute Gasteiger partial charge is 0.231 e. The van der Waals surface area contributed by atoms with Gasteiger partial charge in [-0.2, -0.15) is 0 Å². The highest BCUT2D eigenvalue weighted by atomic mass is 16.7. The molecule has 0 spiro atoms. The summed E-state index contributed by atoms with van der Waals surface area (Å²) in [5.74, 6) is 1.43. The molecule has 0 unspecified atom stereocenters. The maximum absolute atomic E-state index is 10.2. The van der Waals surface area contributed by atoms with Gasteiger partial charge in [-0.1, -0.05) is 12.8 Å². The molecule has 0 bridgehead atoms. The van der Waals surface area contributed by atoms with Gasteiger partial charge in [0.15, 0.2) is 11.5 Å². The summed E-state index contributed by atoms with van der Waals surface area (Å²) >= 11 is 0. The molecule has 1 saturated carbocycles. The average molecular weight is 265 g/mol. The Kier molecular flexibility index (Phi) is 3.24. The van der Waals surface area contributed by atoms with Crippen molar-refractivity contribution in [3.05, 3.63) is 17.7 Å². The summed E-state index contributed by atoms with van der Waals surface area (Å²) < 4.78 is 10.5. The largest absolute Gasteiger partial charge is 0.507 e. The molecule has 3 N–H and O–H groups in total. The van der Waals surface area contributed by atoms with Gasteiger partial charge in [-0.05, 0) is 18.9 Å². The summed E-state index contributed by atoms with van der Waals surface area (Å²) in [5.41, 5.74) is 0.178. The molecule has 1 aromatic rings. The van der Waals surface area contributed by atoms with Crippen LogP contribution in [0.15, 0.2) is 12.1 Å². The van der Waals surface area contributed by atoms with E-state index in [1.165, 1.54) is 0 Å². The van der Waals surface area contributed by atoms with E-state index in [4.69, 9.17) is 9.47 Å². The van der Waals surface area contributed by atoms with Crippen LogP contribution < -0.4 is 14.8 Å². The molecule has 5 heteroatoms. The topological polar surface area (TPSA) is 71.0 Å². The first-order valence-electron chi connectivity index (χ1n) is 6.71. The van der Waals surface area contributed by atoms with Crippen LogP contribution in [0.3, 0.4) is 0 Å². The van der Waals surface area contributed by atoms with Gasteiger partial charge < -0.3 is 25.0 Å². The number of hydrogen-bond acceptors (Lipinski definition) is 5. The highest BCUT2D eigenvalue weighted by Crippen LogP contribution is 2.37. The average Bonchev–Trinajstić information content (AvgIpc) is 2.98. The highest BCUT2D eigenvalue weighted by Gasteiger charge is 2.30. The minimum atomic E-state index is -0.577. The molecular weight excluding hydrogens is 246 g/mol. The lowest BCUT2D eigenvalue weighted by molar-refractivity contribution is 0.0474. The Hall–Kier alpha value is -1.46. The molecule has 19 heavy (non-hydrogen) atoms. The molecule has 1 fully saturated rings. The molecule has 0 radical (unpaired) electrons. The highest BCUT2D eigenvalue weighted by molar-refractivity contribution is 5.51. The standard InChI is InChI=1S/C14H19NO4/c16-11-6-13-12(18-9-19-13)5-10(11)7-15-8-14(17)3-1-2-4-14/h5-6,15-17H,1-4,7-9H2. The zero-order valence-electron chi connectivity index (χ0n) is 10.8. The Balaban J connectivity index is 1.61. The first-order chi connectivity index (χ1) is 9.16. The predicted octanol–water partition coefficient (Wildman–Crippen LogP) is 1.52. The summed E-state index contributed by atoms with van der Waals surface area (Å²) in [6.45, 7) is 1.26.